The van der Waals surface area contributed by atoms with Crippen LogP contribution in [0.2, 0.25) is 0 Å². The highest BCUT2D eigenvalue weighted by Gasteiger charge is 2.23. The molecule has 0 bridgehead atoms. The molecule has 0 aromatic heterocycles. The van der Waals surface area contributed by atoms with E-state index in [-0.39, 0.29) is 18.6 Å². The molecule has 0 saturated carbocycles. The Hall–Kier alpha value is -1.59. The van der Waals surface area contributed by atoms with Gasteiger partial charge in [-0.2, -0.15) is 0 Å². The smallest absolute Gasteiger partial charge is 0.260 e. The number of rotatable bonds is 4. The summed E-state index contributed by atoms with van der Waals surface area (Å²) in [5.41, 5.74) is 0. The molecule has 1 atom stereocenters. The summed E-state index contributed by atoms with van der Waals surface area (Å²) >= 11 is 0. The third kappa shape index (κ3) is 3.45. The predicted octanol–water partition coefficient (Wildman–Crippen LogP) is 0.947. The fourth-order valence-electron chi connectivity index (χ4n) is 2.03. The standard InChI is InChI=1S/C13H18N2O3/c14-18-12-7-4-8-15(9-12)13(16)10-17-11-5-2-1-3-6-11/h1-3,5-6,12H,4,7-10,14H2. The lowest BCUT2D eigenvalue weighted by Gasteiger charge is -2.31. The van der Waals surface area contributed by atoms with Gasteiger partial charge in [0, 0.05) is 13.1 Å². The second-order valence-corrected chi connectivity index (χ2v) is 4.34. The van der Waals surface area contributed by atoms with E-state index in [9.17, 15) is 4.79 Å². The Morgan fingerprint density at radius 1 is 1.39 bits per heavy atom. The maximum atomic E-state index is 11.9. The van der Waals surface area contributed by atoms with Crippen LogP contribution in [0.4, 0.5) is 0 Å². The Morgan fingerprint density at radius 3 is 2.89 bits per heavy atom. The van der Waals surface area contributed by atoms with Gasteiger partial charge in [-0.1, -0.05) is 18.2 Å². The van der Waals surface area contributed by atoms with Gasteiger partial charge in [0.1, 0.15) is 5.75 Å². The number of piperidine rings is 1. The molecule has 1 aliphatic heterocycles. The first-order chi connectivity index (χ1) is 8.79. The highest BCUT2D eigenvalue weighted by atomic mass is 16.6. The zero-order chi connectivity index (χ0) is 12.8. The summed E-state index contributed by atoms with van der Waals surface area (Å²) in [7, 11) is 0. The van der Waals surface area contributed by atoms with Crippen LogP contribution in [0.15, 0.2) is 30.3 Å². The number of likely N-dealkylation sites (tertiary alicyclic amines) is 1. The number of hydrogen-bond donors (Lipinski definition) is 1. The van der Waals surface area contributed by atoms with Gasteiger partial charge in [0.2, 0.25) is 0 Å². The predicted molar refractivity (Wildman–Crippen MR) is 66.8 cm³/mol. The molecule has 1 aliphatic rings. The summed E-state index contributed by atoms with van der Waals surface area (Å²) in [4.78, 5) is 18.5. The monoisotopic (exact) mass is 250 g/mol. The lowest BCUT2D eigenvalue weighted by atomic mass is 10.1. The second-order valence-electron chi connectivity index (χ2n) is 4.34. The second kappa shape index (κ2) is 6.37. The minimum absolute atomic E-state index is 0.0272. The summed E-state index contributed by atoms with van der Waals surface area (Å²) in [6, 6.07) is 9.31. The van der Waals surface area contributed by atoms with Crippen molar-refractivity contribution >= 4 is 5.91 Å². The van der Waals surface area contributed by atoms with E-state index < -0.39 is 0 Å². The molecule has 2 rings (SSSR count). The Kier molecular flexibility index (Phi) is 4.55. The fraction of sp³-hybridized carbons (Fsp3) is 0.462. The summed E-state index contributed by atoms with van der Waals surface area (Å²) in [6.07, 6.45) is 1.76. The van der Waals surface area contributed by atoms with Crippen LogP contribution in [0.5, 0.6) is 5.75 Å². The number of carbonyl (C=O) groups excluding carboxylic acids is 1. The van der Waals surface area contributed by atoms with E-state index in [1.165, 1.54) is 0 Å². The lowest BCUT2D eigenvalue weighted by Crippen LogP contribution is -2.45. The molecule has 1 aromatic rings. The molecular weight excluding hydrogens is 232 g/mol. The molecular formula is C13H18N2O3. The van der Waals surface area contributed by atoms with Gasteiger partial charge in [0.05, 0.1) is 6.10 Å². The molecule has 0 spiro atoms. The van der Waals surface area contributed by atoms with Gasteiger partial charge in [0.15, 0.2) is 6.61 Å². The van der Waals surface area contributed by atoms with Crippen molar-refractivity contribution in [2.45, 2.75) is 18.9 Å². The molecule has 0 radical (unpaired) electrons. The third-order valence-corrected chi connectivity index (χ3v) is 3.03. The van der Waals surface area contributed by atoms with Crippen molar-refractivity contribution in [1.29, 1.82) is 0 Å². The van der Waals surface area contributed by atoms with Crippen LogP contribution in [0.3, 0.4) is 0 Å². The van der Waals surface area contributed by atoms with Crippen molar-refractivity contribution in [2.24, 2.45) is 5.90 Å². The largest absolute Gasteiger partial charge is 0.484 e. The van der Waals surface area contributed by atoms with Crippen molar-refractivity contribution in [2.75, 3.05) is 19.7 Å². The first-order valence-corrected chi connectivity index (χ1v) is 6.11. The van der Waals surface area contributed by atoms with E-state index in [4.69, 9.17) is 15.5 Å². The Balaban J connectivity index is 1.81. The van der Waals surface area contributed by atoms with E-state index in [2.05, 4.69) is 0 Å². The first kappa shape index (κ1) is 12.9. The highest BCUT2D eigenvalue weighted by molar-refractivity contribution is 5.77. The summed E-state index contributed by atoms with van der Waals surface area (Å²) in [5, 5.41) is 0. The molecule has 2 N–H and O–H groups in total. The maximum Gasteiger partial charge on any atom is 0.260 e. The normalized spacial score (nSPS) is 19.6. The molecule has 1 aromatic carbocycles. The van der Waals surface area contributed by atoms with E-state index >= 15 is 0 Å². The van der Waals surface area contributed by atoms with E-state index in [1.807, 2.05) is 30.3 Å². The Labute approximate surface area is 106 Å². The number of hydrogen-bond acceptors (Lipinski definition) is 4. The van der Waals surface area contributed by atoms with Gasteiger partial charge in [-0.15, -0.1) is 0 Å². The number of carbonyl (C=O) groups is 1. The highest BCUT2D eigenvalue weighted by Crippen LogP contribution is 2.13. The molecule has 98 valence electrons. The van der Waals surface area contributed by atoms with Crippen molar-refractivity contribution < 1.29 is 14.4 Å². The first-order valence-electron chi connectivity index (χ1n) is 6.11. The quantitative estimate of drug-likeness (QED) is 0.808. The molecule has 1 unspecified atom stereocenters. The summed E-state index contributed by atoms with van der Waals surface area (Å²) < 4.78 is 5.43. The zero-order valence-electron chi connectivity index (χ0n) is 10.2. The van der Waals surface area contributed by atoms with Gasteiger partial charge in [-0.05, 0) is 25.0 Å². The van der Waals surface area contributed by atoms with E-state index in [0.29, 0.717) is 12.3 Å². The van der Waals surface area contributed by atoms with Crippen LogP contribution in [0.1, 0.15) is 12.8 Å². The average Bonchev–Trinajstić information content (AvgIpc) is 2.46. The van der Waals surface area contributed by atoms with Crippen LogP contribution in [-0.4, -0.2) is 36.6 Å². The minimum Gasteiger partial charge on any atom is -0.484 e. The molecule has 0 aliphatic carbocycles. The maximum absolute atomic E-state index is 11.9. The SMILES string of the molecule is NOC1CCCN(C(=O)COc2ccccc2)C1. The lowest BCUT2D eigenvalue weighted by molar-refractivity contribution is -0.137. The number of amides is 1. The van der Waals surface area contributed by atoms with Crippen LogP contribution in [0.25, 0.3) is 0 Å². The minimum atomic E-state index is -0.0561. The number of ether oxygens (including phenoxy) is 1. The summed E-state index contributed by atoms with van der Waals surface area (Å²) in [5.74, 6) is 5.84. The van der Waals surface area contributed by atoms with E-state index in [0.717, 1.165) is 19.4 Å². The molecule has 18 heavy (non-hydrogen) atoms. The van der Waals surface area contributed by atoms with Gasteiger partial charge in [-0.25, -0.2) is 5.90 Å². The molecule has 5 heteroatoms. The fourth-order valence-corrected chi connectivity index (χ4v) is 2.03. The number of benzene rings is 1. The van der Waals surface area contributed by atoms with Gasteiger partial charge >= 0.3 is 0 Å². The zero-order valence-corrected chi connectivity index (χ0v) is 10.2. The van der Waals surface area contributed by atoms with Crippen LogP contribution in [0, 0.1) is 0 Å². The molecule has 1 fully saturated rings. The van der Waals surface area contributed by atoms with Crippen LogP contribution < -0.4 is 10.6 Å². The Bertz CT molecular complexity index is 383. The van der Waals surface area contributed by atoms with Gasteiger partial charge in [0.25, 0.3) is 5.91 Å². The van der Waals surface area contributed by atoms with Crippen molar-refractivity contribution in [3.63, 3.8) is 0 Å². The van der Waals surface area contributed by atoms with E-state index in [1.54, 1.807) is 4.90 Å². The Morgan fingerprint density at radius 2 is 2.17 bits per heavy atom. The number of nitrogens with zero attached hydrogens (tertiary/aromatic N) is 1. The summed E-state index contributed by atoms with van der Waals surface area (Å²) in [6.45, 7) is 1.35. The molecule has 1 saturated heterocycles. The van der Waals surface area contributed by atoms with Crippen LogP contribution >= 0.6 is 0 Å². The topological polar surface area (TPSA) is 64.8 Å². The molecule has 1 amide bonds. The van der Waals surface area contributed by atoms with Crippen molar-refractivity contribution in [1.82, 2.24) is 4.90 Å². The van der Waals surface area contributed by atoms with Gasteiger partial charge in [-0.3, -0.25) is 9.63 Å². The third-order valence-electron chi connectivity index (χ3n) is 3.03. The van der Waals surface area contributed by atoms with Crippen molar-refractivity contribution in [3.05, 3.63) is 30.3 Å². The number of nitrogens with two attached hydrogens (primary N) is 1. The number of para-hydroxylation sites is 1. The van der Waals surface area contributed by atoms with Gasteiger partial charge < -0.3 is 9.64 Å². The average molecular weight is 250 g/mol. The molecule has 1 heterocycles. The van der Waals surface area contributed by atoms with Crippen molar-refractivity contribution in [3.8, 4) is 5.75 Å². The molecule has 5 nitrogen and oxygen atoms in total. The van der Waals surface area contributed by atoms with Crippen LogP contribution in [-0.2, 0) is 9.63 Å².